The van der Waals surface area contributed by atoms with Gasteiger partial charge in [0.2, 0.25) is 0 Å². The molecule has 2 aromatic heterocycles. The molecule has 2 heterocycles. The number of methoxy groups -OCH3 is 1. The first-order valence-corrected chi connectivity index (χ1v) is 16.0. The van der Waals surface area contributed by atoms with E-state index in [-0.39, 0.29) is 18.3 Å². The molecule has 240 valence electrons. The summed E-state index contributed by atoms with van der Waals surface area (Å²) in [5.41, 5.74) is 1.76. The van der Waals surface area contributed by atoms with Crippen LogP contribution >= 0.6 is 11.3 Å². The highest BCUT2D eigenvalue weighted by Gasteiger charge is 2.23. The Morgan fingerprint density at radius 2 is 1.79 bits per heavy atom. The van der Waals surface area contributed by atoms with E-state index in [2.05, 4.69) is 50.2 Å². The summed E-state index contributed by atoms with van der Waals surface area (Å²) in [6.45, 7) is 16.7. The topological polar surface area (TPSA) is 94.5 Å². The molecule has 3 rings (SSSR count). The Bertz CT molecular complexity index is 1230. The van der Waals surface area contributed by atoms with Crippen LogP contribution in [0.15, 0.2) is 42.0 Å². The molecule has 0 saturated carbocycles. The Labute approximate surface area is 261 Å². The standard InChI is InChI=1S/C20H21FN4O3S.C11H24O.C2H6/c1-12-5-4-6-14(17(12)21)16-11-29-20(23-16)24-19(27)15(10-28-3)22-18(26)13-7-8-25(2)9-13;1-6-9(3)8-11(5)12-10(4)7-2;1-2/h4-9,11,15H,10H2,1-3H3,(H,22,26)(H,23,24,27);9-11H,6-8H2,1-5H3;1-2H3. The van der Waals surface area contributed by atoms with Crippen LogP contribution in [-0.4, -0.2) is 53.3 Å². The highest BCUT2D eigenvalue weighted by atomic mass is 32.1. The third kappa shape index (κ3) is 13.0. The van der Waals surface area contributed by atoms with E-state index in [4.69, 9.17) is 9.47 Å². The van der Waals surface area contributed by atoms with Crippen molar-refractivity contribution < 1.29 is 23.5 Å². The zero-order valence-corrected chi connectivity index (χ0v) is 28.3. The Hall–Kier alpha value is -3.08. The van der Waals surface area contributed by atoms with Gasteiger partial charge in [0.25, 0.3) is 11.8 Å². The molecule has 43 heavy (non-hydrogen) atoms. The fourth-order valence-corrected chi connectivity index (χ4v) is 4.72. The minimum absolute atomic E-state index is 0.00481. The average Bonchev–Trinajstić information content (AvgIpc) is 3.64. The molecule has 2 N–H and O–H groups in total. The van der Waals surface area contributed by atoms with E-state index in [1.165, 1.54) is 31.3 Å². The van der Waals surface area contributed by atoms with Crippen molar-refractivity contribution in [3.05, 3.63) is 59.0 Å². The second-order valence-corrected chi connectivity index (χ2v) is 11.3. The molecule has 0 aliphatic rings. The summed E-state index contributed by atoms with van der Waals surface area (Å²) < 4.78 is 26.9. The number of hydrogen-bond acceptors (Lipinski definition) is 6. The van der Waals surface area contributed by atoms with E-state index < -0.39 is 11.9 Å². The molecule has 4 atom stereocenters. The summed E-state index contributed by atoms with van der Waals surface area (Å²) in [7, 11) is 3.24. The monoisotopic (exact) mass is 618 g/mol. The first-order chi connectivity index (χ1) is 20.5. The third-order valence-corrected chi connectivity index (χ3v) is 7.48. The Morgan fingerprint density at radius 1 is 1.09 bits per heavy atom. The molecule has 0 bridgehead atoms. The number of aromatic nitrogens is 2. The van der Waals surface area contributed by atoms with Crippen molar-refractivity contribution in [2.45, 2.75) is 92.9 Å². The molecule has 3 aromatic rings. The third-order valence-electron chi connectivity index (χ3n) is 6.72. The lowest BCUT2D eigenvalue weighted by atomic mass is 10.0. The van der Waals surface area contributed by atoms with Gasteiger partial charge >= 0.3 is 0 Å². The van der Waals surface area contributed by atoms with Crippen molar-refractivity contribution in [3.8, 4) is 11.3 Å². The van der Waals surface area contributed by atoms with Crippen LogP contribution < -0.4 is 10.6 Å². The van der Waals surface area contributed by atoms with Crippen LogP contribution in [0.5, 0.6) is 0 Å². The number of ether oxygens (including phenoxy) is 2. The lowest BCUT2D eigenvalue weighted by Gasteiger charge is -2.20. The number of carbonyl (C=O) groups excluding carboxylic acids is 2. The van der Waals surface area contributed by atoms with E-state index >= 15 is 0 Å². The number of nitrogens with zero attached hydrogens (tertiary/aromatic N) is 2. The van der Waals surface area contributed by atoms with Gasteiger partial charge in [-0.25, -0.2) is 9.37 Å². The molecular weight excluding hydrogens is 567 g/mol. The van der Waals surface area contributed by atoms with Gasteiger partial charge in [-0.1, -0.05) is 53.2 Å². The highest BCUT2D eigenvalue weighted by molar-refractivity contribution is 7.14. The van der Waals surface area contributed by atoms with E-state index in [0.29, 0.717) is 39.7 Å². The van der Waals surface area contributed by atoms with Crippen molar-refractivity contribution in [1.82, 2.24) is 14.9 Å². The van der Waals surface area contributed by atoms with E-state index in [0.717, 1.165) is 12.3 Å². The van der Waals surface area contributed by atoms with Crippen LogP contribution in [0, 0.1) is 18.7 Å². The first kappa shape index (κ1) is 37.9. The van der Waals surface area contributed by atoms with Gasteiger partial charge in [-0.2, -0.15) is 0 Å². The van der Waals surface area contributed by atoms with Crippen molar-refractivity contribution in [2.75, 3.05) is 19.0 Å². The average molecular weight is 619 g/mol. The molecule has 8 nitrogen and oxygen atoms in total. The van der Waals surface area contributed by atoms with Gasteiger partial charge in [-0.05, 0) is 57.2 Å². The molecule has 0 aliphatic carbocycles. The fourth-order valence-electron chi connectivity index (χ4n) is 4.00. The van der Waals surface area contributed by atoms with Crippen molar-refractivity contribution in [2.24, 2.45) is 13.0 Å². The quantitative estimate of drug-likeness (QED) is 0.205. The smallest absolute Gasteiger partial charge is 0.253 e. The number of anilines is 1. The SMILES string of the molecule is CC.CCC(C)CC(C)OC(C)CC.COCC(NC(=O)c1ccn(C)c1)C(=O)Nc1nc(-c2cccc(C)c2F)cs1. The maximum absolute atomic E-state index is 14.3. The molecule has 2 amide bonds. The van der Waals surface area contributed by atoms with Gasteiger partial charge in [-0.15, -0.1) is 11.3 Å². The van der Waals surface area contributed by atoms with Gasteiger partial charge < -0.3 is 24.7 Å². The second kappa shape index (κ2) is 20.0. The summed E-state index contributed by atoms with van der Waals surface area (Å²) in [5, 5.41) is 7.28. The Kier molecular flexibility index (Phi) is 17.6. The Balaban J connectivity index is 0.000000558. The number of halogens is 1. The normalized spacial score (nSPS) is 13.4. The maximum Gasteiger partial charge on any atom is 0.253 e. The number of thiazole rings is 1. The number of nitrogens with one attached hydrogen (secondary N) is 2. The summed E-state index contributed by atoms with van der Waals surface area (Å²) in [6, 6.07) is 5.81. The number of carbonyl (C=O) groups is 2. The zero-order chi connectivity index (χ0) is 32.5. The van der Waals surface area contributed by atoms with Crippen molar-refractivity contribution >= 4 is 28.3 Å². The van der Waals surface area contributed by atoms with E-state index in [1.807, 2.05) is 13.8 Å². The van der Waals surface area contributed by atoms with Crippen LogP contribution in [0.3, 0.4) is 0 Å². The minimum atomic E-state index is -0.907. The molecule has 0 radical (unpaired) electrons. The van der Waals surface area contributed by atoms with E-state index in [1.54, 1.807) is 60.6 Å². The van der Waals surface area contributed by atoms with Crippen LogP contribution in [0.1, 0.15) is 83.7 Å². The summed E-state index contributed by atoms with van der Waals surface area (Å²) in [4.78, 5) is 29.3. The highest BCUT2D eigenvalue weighted by Crippen LogP contribution is 2.28. The summed E-state index contributed by atoms with van der Waals surface area (Å²) in [6.07, 6.45) is 7.81. The minimum Gasteiger partial charge on any atom is -0.382 e. The van der Waals surface area contributed by atoms with Gasteiger partial charge in [-0.3, -0.25) is 9.59 Å². The number of amides is 2. The lowest BCUT2D eigenvalue weighted by molar-refractivity contribution is -0.119. The first-order valence-electron chi connectivity index (χ1n) is 15.1. The Morgan fingerprint density at radius 3 is 2.37 bits per heavy atom. The number of rotatable bonds is 13. The number of hydrogen-bond donors (Lipinski definition) is 2. The molecule has 1 aromatic carbocycles. The molecular formula is C33H51FN4O4S. The number of aryl methyl sites for hydroxylation is 2. The van der Waals surface area contributed by atoms with Crippen LogP contribution in [0.25, 0.3) is 11.3 Å². The van der Waals surface area contributed by atoms with Crippen LogP contribution in [-0.2, 0) is 21.3 Å². The fraction of sp³-hybridized carbons (Fsp3) is 0.545. The molecule has 0 saturated heterocycles. The van der Waals surface area contributed by atoms with Gasteiger partial charge in [0.05, 0.1) is 30.1 Å². The summed E-state index contributed by atoms with van der Waals surface area (Å²) in [5.74, 6) is -0.404. The molecule has 4 unspecified atom stereocenters. The molecule has 10 heteroatoms. The summed E-state index contributed by atoms with van der Waals surface area (Å²) >= 11 is 1.17. The lowest BCUT2D eigenvalue weighted by Crippen LogP contribution is -2.46. The van der Waals surface area contributed by atoms with E-state index in [9.17, 15) is 14.0 Å². The van der Waals surface area contributed by atoms with Crippen LogP contribution in [0.2, 0.25) is 0 Å². The van der Waals surface area contributed by atoms with Gasteiger partial charge in [0, 0.05) is 37.5 Å². The molecule has 0 fully saturated rings. The van der Waals surface area contributed by atoms with Crippen LogP contribution in [0.4, 0.5) is 9.52 Å². The predicted octanol–water partition coefficient (Wildman–Crippen LogP) is 7.63. The molecule has 0 aliphatic heterocycles. The predicted molar refractivity (Wildman–Crippen MR) is 175 cm³/mol. The van der Waals surface area contributed by atoms with Gasteiger partial charge in [0.15, 0.2) is 5.13 Å². The van der Waals surface area contributed by atoms with Gasteiger partial charge in [0.1, 0.15) is 11.9 Å². The molecule has 0 spiro atoms. The van der Waals surface area contributed by atoms with Crippen molar-refractivity contribution in [3.63, 3.8) is 0 Å². The zero-order valence-electron chi connectivity index (χ0n) is 27.5. The largest absolute Gasteiger partial charge is 0.382 e. The second-order valence-electron chi connectivity index (χ2n) is 10.4. The van der Waals surface area contributed by atoms with Crippen molar-refractivity contribution in [1.29, 1.82) is 0 Å². The number of benzene rings is 1. The maximum atomic E-state index is 14.3.